The summed E-state index contributed by atoms with van der Waals surface area (Å²) in [4.78, 5) is 0. The number of rotatable bonds is 2. The first-order chi connectivity index (χ1) is 8.45. The molecule has 0 aromatic rings. The van der Waals surface area contributed by atoms with Crippen LogP contribution in [0.2, 0.25) is 0 Å². The molecule has 18 heavy (non-hydrogen) atoms. The van der Waals surface area contributed by atoms with Crippen LogP contribution in [0.3, 0.4) is 0 Å². The van der Waals surface area contributed by atoms with Gasteiger partial charge in [-0.1, -0.05) is 37.6 Å². The first-order valence-electron chi connectivity index (χ1n) is 6.23. The molecule has 0 aromatic carbocycles. The van der Waals surface area contributed by atoms with Gasteiger partial charge in [-0.05, 0) is 59.2 Å². The molecule has 0 atom stereocenters. The first-order valence-corrected chi connectivity index (χ1v) is 7.31. The lowest BCUT2D eigenvalue weighted by atomic mass is 9.80. The summed E-state index contributed by atoms with van der Waals surface area (Å²) in [5, 5.41) is 0. The molecule has 2 aliphatic rings. The molecule has 0 aliphatic heterocycles. The van der Waals surface area contributed by atoms with Gasteiger partial charge in [0, 0.05) is 15.4 Å². The van der Waals surface area contributed by atoms with Crippen molar-refractivity contribution in [1.29, 1.82) is 0 Å². The van der Waals surface area contributed by atoms with Crippen molar-refractivity contribution < 1.29 is 4.39 Å². The third-order valence-electron chi connectivity index (χ3n) is 3.82. The van der Waals surface area contributed by atoms with Crippen LogP contribution in [-0.4, -0.2) is 0 Å². The Bertz CT molecular complexity index is 501. The van der Waals surface area contributed by atoms with E-state index in [-0.39, 0.29) is 11.2 Å². The maximum absolute atomic E-state index is 13.5. The smallest absolute Gasteiger partial charge is 0.101 e. The van der Waals surface area contributed by atoms with Gasteiger partial charge >= 0.3 is 0 Å². The monoisotopic (exact) mass is 356 g/mol. The van der Waals surface area contributed by atoms with Gasteiger partial charge in [0.25, 0.3) is 0 Å². The molecule has 0 radical (unpaired) electrons. The molecule has 96 valence electrons. The zero-order valence-electron chi connectivity index (χ0n) is 10.9. The highest BCUT2D eigenvalue weighted by Gasteiger charge is 2.37. The van der Waals surface area contributed by atoms with Gasteiger partial charge in [0.1, 0.15) is 5.83 Å². The Kier molecular flexibility index (Phi) is 3.95. The molecule has 0 saturated carbocycles. The summed E-state index contributed by atoms with van der Waals surface area (Å²) in [6, 6.07) is 0. The van der Waals surface area contributed by atoms with Crippen LogP contribution in [0.5, 0.6) is 0 Å². The summed E-state index contributed by atoms with van der Waals surface area (Å²) in [6.07, 6.45) is 10.2. The van der Waals surface area contributed by atoms with Gasteiger partial charge in [0.05, 0.1) is 0 Å². The number of hydrogen-bond acceptors (Lipinski definition) is 0. The lowest BCUT2D eigenvalue weighted by Crippen LogP contribution is -2.13. The molecule has 0 fully saturated rings. The normalized spacial score (nSPS) is 25.2. The zero-order valence-corrected chi connectivity index (χ0v) is 13.1. The van der Waals surface area contributed by atoms with Crippen LogP contribution in [-0.2, 0) is 0 Å². The number of halogens is 2. The molecule has 0 spiro atoms. The number of hydrogen-bond donors (Lipinski definition) is 0. The summed E-state index contributed by atoms with van der Waals surface area (Å²) in [5.74, 6) is 0.0272. The molecule has 2 rings (SSSR count). The van der Waals surface area contributed by atoms with E-state index in [1.54, 1.807) is 12.2 Å². The van der Waals surface area contributed by atoms with Crippen molar-refractivity contribution in [3.63, 3.8) is 0 Å². The van der Waals surface area contributed by atoms with Crippen LogP contribution in [0, 0.1) is 5.41 Å². The Hall–Kier alpha value is -0.640. The molecular weight excluding hydrogens is 338 g/mol. The first kappa shape index (κ1) is 13.8. The summed E-state index contributed by atoms with van der Waals surface area (Å²) in [5.41, 5.74) is 3.94. The van der Waals surface area contributed by atoms with Crippen molar-refractivity contribution in [2.75, 3.05) is 0 Å². The summed E-state index contributed by atoms with van der Waals surface area (Å²) < 4.78 is 14.6. The molecule has 0 bridgehead atoms. The average molecular weight is 356 g/mol. The fourth-order valence-electron chi connectivity index (χ4n) is 2.72. The predicted molar refractivity (Wildman–Crippen MR) is 84.2 cm³/mol. The van der Waals surface area contributed by atoms with Crippen molar-refractivity contribution >= 4 is 22.6 Å². The maximum Gasteiger partial charge on any atom is 0.101 e. The van der Waals surface area contributed by atoms with Crippen LogP contribution in [0.15, 0.2) is 57.0 Å². The van der Waals surface area contributed by atoms with E-state index in [1.807, 2.05) is 6.08 Å². The largest absolute Gasteiger partial charge is 0.212 e. The van der Waals surface area contributed by atoms with Crippen molar-refractivity contribution in [3.05, 3.63) is 57.0 Å². The predicted octanol–water partition coefficient (Wildman–Crippen LogP) is 5.79. The Morgan fingerprint density at radius 1 is 1.44 bits per heavy atom. The highest BCUT2D eigenvalue weighted by Crippen LogP contribution is 2.51. The molecule has 2 heteroatoms. The minimum Gasteiger partial charge on any atom is -0.212 e. The molecule has 0 heterocycles. The van der Waals surface area contributed by atoms with E-state index >= 15 is 0 Å². The van der Waals surface area contributed by atoms with E-state index < -0.39 is 0 Å². The van der Waals surface area contributed by atoms with Crippen molar-refractivity contribution in [2.45, 2.75) is 33.1 Å². The quantitative estimate of drug-likeness (QED) is 0.434. The third-order valence-corrected chi connectivity index (χ3v) is 4.49. The standard InChI is InChI=1S/C16H18FI/c1-4-5-14(18)9-12-8-11-6-7-13(17)10-15(11)16(12,2)3/h4-5,9-10H,1,6-8H2,2-3H3/b12-9+,14-5+. The lowest BCUT2D eigenvalue weighted by Gasteiger charge is -2.24. The van der Waals surface area contributed by atoms with Crippen molar-refractivity contribution in [1.82, 2.24) is 0 Å². The Morgan fingerprint density at radius 3 is 2.83 bits per heavy atom. The van der Waals surface area contributed by atoms with Crippen LogP contribution in [0.25, 0.3) is 0 Å². The van der Waals surface area contributed by atoms with Gasteiger partial charge in [-0.3, -0.25) is 0 Å². The molecule has 2 aliphatic carbocycles. The van der Waals surface area contributed by atoms with Gasteiger partial charge in [-0.15, -0.1) is 0 Å². The van der Waals surface area contributed by atoms with E-state index in [0.29, 0.717) is 6.42 Å². The lowest BCUT2D eigenvalue weighted by molar-refractivity contribution is 0.543. The average Bonchev–Trinajstić information content (AvgIpc) is 2.52. The van der Waals surface area contributed by atoms with Crippen molar-refractivity contribution in [3.8, 4) is 0 Å². The van der Waals surface area contributed by atoms with Gasteiger partial charge in [0.2, 0.25) is 0 Å². The maximum atomic E-state index is 13.5. The number of allylic oxidation sites excluding steroid dienone is 9. The second-order valence-corrected chi connectivity index (χ2v) is 6.61. The van der Waals surface area contributed by atoms with Gasteiger partial charge in [-0.25, -0.2) is 4.39 Å². The Morgan fingerprint density at radius 2 is 2.17 bits per heavy atom. The minimum atomic E-state index is -0.0431. The topological polar surface area (TPSA) is 0 Å². The van der Waals surface area contributed by atoms with E-state index in [0.717, 1.165) is 12.8 Å². The second-order valence-electron chi connectivity index (χ2n) is 5.37. The van der Waals surface area contributed by atoms with Gasteiger partial charge < -0.3 is 0 Å². The molecule has 0 amide bonds. The summed E-state index contributed by atoms with van der Waals surface area (Å²) in [6.45, 7) is 8.09. The van der Waals surface area contributed by atoms with Crippen LogP contribution in [0.4, 0.5) is 4.39 Å². The van der Waals surface area contributed by atoms with E-state index in [9.17, 15) is 4.39 Å². The molecule has 0 nitrogen and oxygen atoms in total. The SMILES string of the molecule is C=C/C=C(I)\C=C1/CC2=C(C=C(F)CC2)C1(C)C. The van der Waals surface area contributed by atoms with Crippen molar-refractivity contribution in [2.24, 2.45) is 5.41 Å². The fraction of sp³-hybridized carbons (Fsp3) is 0.375. The molecule has 0 saturated heterocycles. The Balaban J connectivity index is 2.37. The summed E-state index contributed by atoms with van der Waals surface area (Å²) >= 11 is 2.31. The molecule has 0 N–H and O–H groups in total. The molecular formula is C16H18FI. The van der Waals surface area contributed by atoms with E-state index in [2.05, 4.69) is 49.1 Å². The minimum absolute atomic E-state index is 0.0272. The molecule has 0 unspecified atom stereocenters. The van der Waals surface area contributed by atoms with Gasteiger partial charge in [-0.2, -0.15) is 0 Å². The highest BCUT2D eigenvalue weighted by molar-refractivity contribution is 14.1. The molecule has 0 aromatic heterocycles. The zero-order chi connectivity index (χ0) is 13.3. The van der Waals surface area contributed by atoms with Crippen LogP contribution < -0.4 is 0 Å². The fourth-order valence-corrected chi connectivity index (χ4v) is 3.35. The van der Waals surface area contributed by atoms with Gasteiger partial charge in [0.15, 0.2) is 0 Å². The third kappa shape index (κ3) is 2.53. The highest BCUT2D eigenvalue weighted by atomic mass is 127. The van der Waals surface area contributed by atoms with Crippen LogP contribution >= 0.6 is 22.6 Å². The van der Waals surface area contributed by atoms with E-state index in [1.165, 1.54) is 20.3 Å². The van der Waals surface area contributed by atoms with E-state index in [4.69, 9.17) is 0 Å². The summed E-state index contributed by atoms with van der Waals surface area (Å²) in [7, 11) is 0. The second kappa shape index (κ2) is 5.16. The van der Waals surface area contributed by atoms with Crippen LogP contribution in [0.1, 0.15) is 33.1 Å². The Labute approximate surface area is 122 Å².